The average Bonchev–Trinajstić information content (AvgIpc) is 3.01. The molecule has 1 saturated heterocycles. The van der Waals surface area contributed by atoms with Crippen LogP contribution in [0.1, 0.15) is 25.7 Å². The van der Waals surface area contributed by atoms with Gasteiger partial charge >= 0.3 is 5.97 Å². The standard InChI is InChI=1S/C10H17NO3/c1-11(8-2-3-8)10(9(12)13)4-6-14-7-5-10/h8H,2-7H2,1H3,(H,12,13). The van der Waals surface area contributed by atoms with E-state index in [-0.39, 0.29) is 0 Å². The van der Waals surface area contributed by atoms with Gasteiger partial charge < -0.3 is 9.84 Å². The van der Waals surface area contributed by atoms with Crippen molar-refractivity contribution in [3.05, 3.63) is 0 Å². The number of aliphatic carboxylic acids is 1. The van der Waals surface area contributed by atoms with E-state index in [1.165, 1.54) is 0 Å². The minimum absolute atomic E-state index is 0.490. The molecule has 0 aromatic rings. The zero-order valence-electron chi connectivity index (χ0n) is 8.53. The van der Waals surface area contributed by atoms with Crippen molar-refractivity contribution in [2.24, 2.45) is 0 Å². The van der Waals surface area contributed by atoms with Gasteiger partial charge in [0, 0.05) is 19.3 Å². The van der Waals surface area contributed by atoms with E-state index in [0.29, 0.717) is 32.1 Å². The first kappa shape index (κ1) is 9.93. The van der Waals surface area contributed by atoms with E-state index < -0.39 is 11.5 Å². The zero-order valence-corrected chi connectivity index (χ0v) is 8.53. The van der Waals surface area contributed by atoms with Gasteiger partial charge in [0.05, 0.1) is 0 Å². The van der Waals surface area contributed by atoms with Crippen molar-refractivity contribution in [2.45, 2.75) is 37.3 Å². The molecule has 14 heavy (non-hydrogen) atoms. The number of hydrogen-bond donors (Lipinski definition) is 1. The Hall–Kier alpha value is -0.610. The molecule has 2 aliphatic rings. The summed E-state index contributed by atoms with van der Waals surface area (Å²) in [6.07, 6.45) is 3.53. The summed E-state index contributed by atoms with van der Waals surface area (Å²) in [5, 5.41) is 9.34. The molecule has 1 heterocycles. The lowest BCUT2D eigenvalue weighted by molar-refractivity contribution is -0.158. The highest BCUT2D eigenvalue weighted by molar-refractivity contribution is 5.79. The maximum absolute atomic E-state index is 11.4. The molecule has 2 rings (SSSR count). The van der Waals surface area contributed by atoms with E-state index in [1.807, 2.05) is 7.05 Å². The Balaban J connectivity index is 2.14. The maximum Gasteiger partial charge on any atom is 0.324 e. The largest absolute Gasteiger partial charge is 0.480 e. The third-order valence-corrected chi connectivity index (χ3v) is 3.49. The van der Waals surface area contributed by atoms with Crippen molar-refractivity contribution < 1.29 is 14.6 Å². The van der Waals surface area contributed by atoms with Crippen LogP contribution in [0, 0.1) is 0 Å². The van der Waals surface area contributed by atoms with Crippen LogP contribution < -0.4 is 0 Å². The van der Waals surface area contributed by atoms with Gasteiger partial charge in [-0.25, -0.2) is 0 Å². The number of carboxylic acids is 1. The molecule has 1 aliphatic carbocycles. The van der Waals surface area contributed by atoms with Crippen LogP contribution in [0.4, 0.5) is 0 Å². The molecule has 0 atom stereocenters. The second-order valence-corrected chi connectivity index (χ2v) is 4.29. The van der Waals surface area contributed by atoms with Gasteiger partial charge in [0.25, 0.3) is 0 Å². The lowest BCUT2D eigenvalue weighted by Crippen LogP contribution is -2.56. The van der Waals surface area contributed by atoms with E-state index in [1.54, 1.807) is 0 Å². The molecule has 0 aromatic carbocycles. The molecule has 1 N–H and O–H groups in total. The number of nitrogens with zero attached hydrogens (tertiary/aromatic N) is 1. The first-order valence-corrected chi connectivity index (χ1v) is 5.21. The number of ether oxygens (including phenoxy) is 1. The van der Waals surface area contributed by atoms with Gasteiger partial charge in [-0.05, 0) is 32.7 Å². The summed E-state index contributed by atoms with van der Waals surface area (Å²) in [5.41, 5.74) is -0.653. The van der Waals surface area contributed by atoms with E-state index in [0.717, 1.165) is 12.8 Å². The quantitative estimate of drug-likeness (QED) is 0.727. The fourth-order valence-corrected chi connectivity index (χ4v) is 2.24. The molecule has 4 nitrogen and oxygen atoms in total. The van der Waals surface area contributed by atoms with Crippen molar-refractivity contribution in [1.82, 2.24) is 4.90 Å². The maximum atomic E-state index is 11.4. The van der Waals surface area contributed by atoms with Gasteiger partial charge in [0.2, 0.25) is 0 Å². The van der Waals surface area contributed by atoms with Gasteiger partial charge in [-0.3, -0.25) is 9.69 Å². The number of carboxylic acid groups (broad SMARTS) is 1. The summed E-state index contributed by atoms with van der Waals surface area (Å²) < 4.78 is 5.24. The molecule has 0 unspecified atom stereocenters. The molecule has 0 radical (unpaired) electrons. The topological polar surface area (TPSA) is 49.8 Å². The smallest absolute Gasteiger partial charge is 0.324 e. The zero-order chi connectivity index (χ0) is 10.2. The number of rotatable bonds is 3. The van der Waals surface area contributed by atoms with Gasteiger partial charge in [-0.2, -0.15) is 0 Å². The Labute approximate surface area is 83.8 Å². The Morgan fingerprint density at radius 3 is 2.43 bits per heavy atom. The Bertz CT molecular complexity index is 232. The van der Waals surface area contributed by atoms with Crippen LogP contribution in [-0.4, -0.2) is 47.8 Å². The van der Waals surface area contributed by atoms with Gasteiger partial charge in [-0.1, -0.05) is 0 Å². The Kier molecular flexibility index (Phi) is 2.49. The fraction of sp³-hybridized carbons (Fsp3) is 0.900. The summed E-state index contributed by atoms with van der Waals surface area (Å²) in [4.78, 5) is 13.4. The number of carbonyl (C=O) groups is 1. The van der Waals surface area contributed by atoms with Gasteiger partial charge in [0.15, 0.2) is 0 Å². The molecule has 80 valence electrons. The van der Waals surface area contributed by atoms with Crippen LogP contribution >= 0.6 is 0 Å². The van der Waals surface area contributed by atoms with Crippen LogP contribution in [0.2, 0.25) is 0 Å². The second kappa shape index (κ2) is 3.51. The molecule has 2 fully saturated rings. The first-order valence-electron chi connectivity index (χ1n) is 5.21. The number of hydrogen-bond acceptors (Lipinski definition) is 3. The van der Waals surface area contributed by atoms with Crippen molar-refractivity contribution in [2.75, 3.05) is 20.3 Å². The summed E-state index contributed by atoms with van der Waals surface area (Å²) in [7, 11) is 1.94. The number of likely N-dealkylation sites (N-methyl/N-ethyl adjacent to an activating group) is 1. The molecule has 1 aliphatic heterocycles. The normalized spacial score (nSPS) is 26.4. The lowest BCUT2D eigenvalue weighted by atomic mass is 9.88. The lowest BCUT2D eigenvalue weighted by Gasteiger charge is -2.41. The summed E-state index contributed by atoms with van der Waals surface area (Å²) in [5.74, 6) is -0.685. The summed E-state index contributed by atoms with van der Waals surface area (Å²) in [6, 6.07) is 0.490. The highest BCUT2D eigenvalue weighted by atomic mass is 16.5. The van der Waals surface area contributed by atoms with Gasteiger partial charge in [-0.15, -0.1) is 0 Å². The summed E-state index contributed by atoms with van der Waals surface area (Å²) >= 11 is 0. The molecule has 1 saturated carbocycles. The second-order valence-electron chi connectivity index (χ2n) is 4.29. The molecule has 0 spiro atoms. The van der Waals surface area contributed by atoms with Crippen LogP contribution in [0.3, 0.4) is 0 Å². The van der Waals surface area contributed by atoms with E-state index >= 15 is 0 Å². The molecule has 0 amide bonds. The molecular weight excluding hydrogens is 182 g/mol. The third-order valence-electron chi connectivity index (χ3n) is 3.49. The van der Waals surface area contributed by atoms with Crippen LogP contribution in [0.5, 0.6) is 0 Å². The van der Waals surface area contributed by atoms with Gasteiger partial charge in [0.1, 0.15) is 5.54 Å². The van der Waals surface area contributed by atoms with E-state index in [9.17, 15) is 9.90 Å². The molecule has 0 bridgehead atoms. The minimum atomic E-state index is -0.685. The fourth-order valence-electron chi connectivity index (χ4n) is 2.24. The molecule has 4 heteroatoms. The van der Waals surface area contributed by atoms with Crippen molar-refractivity contribution >= 4 is 5.97 Å². The van der Waals surface area contributed by atoms with Crippen LogP contribution in [-0.2, 0) is 9.53 Å². The monoisotopic (exact) mass is 199 g/mol. The SMILES string of the molecule is CN(C1CC1)C1(C(=O)O)CCOCC1. The first-order chi connectivity index (χ1) is 6.67. The van der Waals surface area contributed by atoms with Crippen molar-refractivity contribution in [3.63, 3.8) is 0 Å². The minimum Gasteiger partial charge on any atom is -0.480 e. The van der Waals surface area contributed by atoms with E-state index in [4.69, 9.17) is 4.74 Å². The molecular formula is C10H17NO3. The van der Waals surface area contributed by atoms with E-state index in [2.05, 4.69) is 4.90 Å². The van der Waals surface area contributed by atoms with Crippen molar-refractivity contribution in [3.8, 4) is 0 Å². The average molecular weight is 199 g/mol. The Morgan fingerprint density at radius 2 is 2.00 bits per heavy atom. The Morgan fingerprint density at radius 1 is 1.43 bits per heavy atom. The molecule has 0 aromatic heterocycles. The predicted octanol–water partition coefficient (Wildman–Crippen LogP) is 0.714. The highest BCUT2D eigenvalue weighted by Crippen LogP contribution is 2.36. The highest BCUT2D eigenvalue weighted by Gasteiger charge is 2.48. The van der Waals surface area contributed by atoms with Crippen LogP contribution in [0.25, 0.3) is 0 Å². The predicted molar refractivity (Wildman–Crippen MR) is 51.2 cm³/mol. The third kappa shape index (κ3) is 1.53. The summed E-state index contributed by atoms with van der Waals surface area (Å²) in [6.45, 7) is 1.15. The van der Waals surface area contributed by atoms with Crippen molar-refractivity contribution in [1.29, 1.82) is 0 Å². The van der Waals surface area contributed by atoms with Crippen LogP contribution in [0.15, 0.2) is 0 Å².